The molecule has 3 rings (SSSR count). The lowest BCUT2D eigenvalue weighted by molar-refractivity contribution is -0.138. The van der Waals surface area contributed by atoms with Gasteiger partial charge in [-0.1, -0.05) is 48.5 Å². The largest absolute Gasteiger partial charge is 0.480 e. The second-order valence-corrected chi connectivity index (χ2v) is 9.26. The molecule has 8 heteroatoms. The molecule has 1 aliphatic carbocycles. The molecule has 0 heterocycles. The summed E-state index contributed by atoms with van der Waals surface area (Å²) >= 11 is 0. The second kappa shape index (κ2) is 11.0. The molecule has 0 saturated heterocycles. The number of nitrogens with zero attached hydrogens (tertiary/aromatic N) is 1. The molecule has 0 saturated carbocycles. The van der Waals surface area contributed by atoms with Crippen molar-refractivity contribution in [1.29, 1.82) is 0 Å². The highest BCUT2D eigenvalue weighted by Gasteiger charge is 2.30. The van der Waals surface area contributed by atoms with E-state index in [-0.39, 0.29) is 19.1 Å². The second-order valence-electron chi connectivity index (χ2n) is 9.26. The van der Waals surface area contributed by atoms with E-state index in [1.54, 1.807) is 20.8 Å². The van der Waals surface area contributed by atoms with Gasteiger partial charge in [0.15, 0.2) is 0 Å². The summed E-state index contributed by atoms with van der Waals surface area (Å²) < 4.78 is 10.8. The van der Waals surface area contributed by atoms with E-state index in [9.17, 15) is 19.5 Å². The quantitative estimate of drug-likeness (QED) is 0.520. The first-order chi connectivity index (χ1) is 16.2. The molecule has 0 aromatic heterocycles. The molecule has 0 spiro atoms. The van der Waals surface area contributed by atoms with Crippen molar-refractivity contribution in [2.75, 3.05) is 26.2 Å². The maximum atomic E-state index is 12.7. The Morgan fingerprint density at radius 3 is 2.12 bits per heavy atom. The van der Waals surface area contributed by atoms with Gasteiger partial charge in [0.25, 0.3) is 0 Å². The van der Waals surface area contributed by atoms with Crippen molar-refractivity contribution < 1.29 is 29.0 Å². The van der Waals surface area contributed by atoms with Crippen molar-refractivity contribution in [3.63, 3.8) is 0 Å². The van der Waals surface area contributed by atoms with Gasteiger partial charge < -0.3 is 19.9 Å². The van der Waals surface area contributed by atoms with Gasteiger partial charge in [0.1, 0.15) is 18.8 Å². The topological polar surface area (TPSA) is 105 Å². The van der Waals surface area contributed by atoms with Crippen LogP contribution in [0.1, 0.15) is 50.7 Å². The lowest BCUT2D eigenvalue weighted by Crippen LogP contribution is -2.38. The highest BCUT2D eigenvalue weighted by Crippen LogP contribution is 2.44. The molecule has 182 valence electrons. The van der Waals surface area contributed by atoms with Crippen molar-refractivity contribution in [1.82, 2.24) is 10.2 Å². The molecular formula is C26H32N2O6. The minimum atomic E-state index is -1.11. The van der Waals surface area contributed by atoms with E-state index >= 15 is 0 Å². The zero-order valence-corrected chi connectivity index (χ0v) is 19.9. The van der Waals surface area contributed by atoms with Crippen molar-refractivity contribution in [3.05, 3.63) is 59.7 Å². The molecule has 2 N–H and O–H groups in total. The summed E-state index contributed by atoms with van der Waals surface area (Å²) in [6, 6.07) is 16.0. The zero-order valence-electron chi connectivity index (χ0n) is 19.9. The van der Waals surface area contributed by atoms with Gasteiger partial charge in [0.2, 0.25) is 0 Å². The smallest absolute Gasteiger partial charge is 0.410 e. The van der Waals surface area contributed by atoms with Gasteiger partial charge in [0.05, 0.1) is 0 Å². The van der Waals surface area contributed by atoms with Crippen LogP contribution in [0.25, 0.3) is 11.1 Å². The molecule has 2 aromatic carbocycles. The van der Waals surface area contributed by atoms with Gasteiger partial charge in [-0.15, -0.1) is 0 Å². The maximum Gasteiger partial charge on any atom is 0.410 e. The number of carbonyl (C=O) groups excluding carboxylic acids is 2. The average molecular weight is 469 g/mol. The molecule has 0 bridgehead atoms. The van der Waals surface area contributed by atoms with Gasteiger partial charge in [-0.05, 0) is 55.9 Å². The highest BCUT2D eigenvalue weighted by atomic mass is 16.6. The van der Waals surface area contributed by atoms with E-state index in [2.05, 4.69) is 17.4 Å². The number of hydrogen-bond acceptors (Lipinski definition) is 5. The minimum absolute atomic E-state index is 0.0962. The van der Waals surface area contributed by atoms with E-state index in [0.29, 0.717) is 19.4 Å². The summed E-state index contributed by atoms with van der Waals surface area (Å²) in [5.74, 6) is -1.21. The lowest BCUT2D eigenvalue weighted by Gasteiger charge is -2.22. The number of nitrogens with one attached hydrogen (secondary N) is 1. The van der Waals surface area contributed by atoms with E-state index in [1.807, 2.05) is 36.4 Å². The van der Waals surface area contributed by atoms with Crippen LogP contribution in [-0.4, -0.2) is 60.0 Å². The Morgan fingerprint density at radius 2 is 1.56 bits per heavy atom. The summed E-state index contributed by atoms with van der Waals surface area (Å²) in [5, 5.41) is 11.9. The fourth-order valence-corrected chi connectivity index (χ4v) is 4.02. The number of carbonyl (C=O) groups is 3. The molecule has 34 heavy (non-hydrogen) atoms. The van der Waals surface area contributed by atoms with E-state index < -0.39 is 30.3 Å². The van der Waals surface area contributed by atoms with Crippen LogP contribution in [0.15, 0.2) is 48.5 Å². The summed E-state index contributed by atoms with van der Waals surface area (Å²) in [7, 11) is 0. The van der Waals surface area contributed by atoms with Crippen LogP contribution >= 0.6 is 0 Å². The number of amides is 2. The molecule has 0 atom stereocenters. The number of unbranched alkanes of at least 4 members (excludes halogenated alkanes) is 1. The van der Waals surface area contributed by atoms with Crippen LogP contribution in [0.3, 0.4) is 0 Å². The highest BCUT2D eigenvalue weighted by molar-refractivity contribution is 5.79. The number of hydrogen-bond donors (Lipinski definition) is 2. The number of alkyl carbamates (subject to hydrolysis) is 1. The average Bonchev–Trinajstić information content (AvgIpc) is 3.09. The number of benzene rings is 2. The Kier molecular flexibility index (Phi) is 8.15. The van der Waals surface area contributed by atoms with Gasteiger partial charge >= 0.3 is 18.2 Å². The van der Waals surface area contributed by atoms with Gasteiger partial charge in [0, 0.05) is 19.0 Å². The number of fused-ring (bicyclic) bond motifs is 3. The molecule has 8 nitrogen and oxygen atoms in total. The lowest BCUT2D eigenvalue weighted by atomic mass is 9.98. The number of carboxylic acids is 1. The summed E-state index contributed by atoms with van der Waals surface area (Å²) in [5.41, 5.74) is 3.86. The molecule has 0 aliphatic heterocycles. The Labute approximate surface area is 199 Å². The van der Waals surface area contributed by atoms with Crippen LogP contribution in [0.4, 0.5) is 9.59 Å². The summed E-state index contributed by atoms with van der Waals surface area (Å²) in [6.45, 7) is 5.60. The number of ether oxygens (including phenoxy) is 2. The Balaban J connectivity index is 1.53. The predicted molar refractivity (Wildman–Crippen MR) is 128 cm³/mol. The Morgan fingerprint density at radius 1 is 0.971 bits per heavy atom. The molecular weight excluding hydrogens is 436 g/mol. The minimum Gasteiger partial charge on any atom is -0.480 e. The molecule has 1 aliphatic rings. The molecule has 0 radical (unpaired) electrons. The number of carboxylic acid groups (broad SMARTS) is 1. The van der Waals surface area contributed by atoms with Gasteiger partial charge in [-0.2, -0.15) is 0 Å². The first-order valence-corrected chi connectivity index (χ1v) is 11.4. The standard InChI is InChI=1S/C26H32N2O6/c1-26(2,3)34-24(31)27-14-8-9-15-28(16-23(29)30)25(32)33-17-22-20-12-6-4-10-18(20)19-11-5-7-13-21(19)22/h4-7,10-13,22H,8-9,14-17H2,1-3H3,(H,27,31)(H,29,30). The van der Waals surface area contributed by atoms with Gasteiger partial charge in [-0.3, -0.25) is 9.69 Å². The third kappa shape index (κ3) is 6.73. The van der Waals surface area contributed by atoms with E-state index in [4.69, 9.17) is 9.47 Å². The third-order valence-corrected chi connectivity index (χ3v) is 5.44. The van der Waals surface area contributed by atoms with E-state index in [1.165, 1.54) is 4.90 Å². The fourth-order valence-electron chi connectivity index (χ4n) is 4.02. The zero-order chi connectivity index (χ0) is 24.7. The first kappa shape index (κ1) is 25.1. The Bertz CT molecular complexity index is 984. The van der Waals surface area contributed by atoms with Crippen LogP contribution < -0.4 is 5.32 Å². The number of aliphatic carboxylic acids is 1. The monoisotopic (exact) mass is 468 g/mol. The van der Waals surface area contributed by atoms with Crippen molar-refractivity contribution in [2.24, 2.45) is 0 Å². The third-order valence-electron chi connectivity index (χ3n) is 5.44. The fraction of sp³-hybridized carbons (Fsp3) is 0.423. The molecule has 0 unspecified atom stereocenters. The first-order valence-electron chi connectivity index (χ1n) is 11.4. The van der Waals surface area contributed by atoms with E-state index in [0.717, 1.165) is 22.3 Å². The Hall–Kier alpha value is -3.55. The predicted octanol–water partition coefficient (Wildman–Crippen LogP) is 4.63. The normalized spacial score (nSPS) is 12.4. The molecule has 2 amide bonds. The number of rotatable bonds is 9. The van der Waals surface area contributed by atoms with Crippen LogP contribution in [-0.2, 0) is 14.3 Å². The van der Waals surface area contributed by atoms with Crippen molar-refractivity contribution in [2.45, 2.75) is 45.1 Å². The molecule has 2 aromatic rings. The van der Waals surface area contributed by atoms with Crippen LogP contribution in [0.2, 0.25) is 0 Å². The van der Waals surface area contributed by atoms with Crippen molar-refractivity contribution in [3.8, 4) is 11.1 Å². The SMILES string of the molecule is CC(C)(C)OC(=O)NCCCCN(CC(=O)O)C(=O)OCC1c2ccccc2-c2ccccc21. The van der Waals surface area contributed by atoms with Crippen LogP contribution in [0, 0.1) is 0 Å². The van der Waals surface area contributed by atoms with Crippen LogP contribution in [0.5, 0.6) is 0 Å². The summed E-state index contributed by atoms with van der Waals surface area (Å²) in [4.78, 5) is 36.9. The summed E-state index contributed by atoms with van der Waals surface area (Å²) in [6.07, 6.45) is -0.102. The molecule has 0 fully saturated rings. The maximum absolute atomic E-state index is 12.7. The van der Waals surface area contributed by atoms with Crippen molar-refractivity contribution >= 4 is 18.2 Å². The van der Waals surface area contributed by atoms with Gasteiger partial charge in [-0.25, -0.2) is 9.59 Å².